The molecule has 1 aromatic carbocycles. The van der Waals surface area contributed by atoms with Crippen molar-refractivity contribution in [3.05, 3.63) is 29.8 Å². The minimum atomic E-state index is -4.11. The summed E-state index contributed by atoms with van der Waals surface area (Å²) in [6.07, 6.45) is 0.180. The first-order chi connectivity index (χ1) is 9.85. The molecule has 0 aromatic heterocycles. The molecule has 8 heteroatoms. The summed E-state index contributed by atoms with van der Waals surface area (Å²) in [5.74, 6) is -0.786. The fourth-order valence-corrected chi connectivity index (χ4v) is 3.38. The van der Waals surface area contributed by atoms with Crippen molar-refractivity contribution >= 4 is 16.0 Å². The van der Waals surface area contributed by atoms with E-state index in [-0.39, 0.29) is 16.9 Å². The van der Waals surface area contributed by atoms with Gasteiger partial charge < -0.3 is 14.9 Å². The standard InChI is InChI=1S/C13H19NO6S/c1-3-13(8-15,9-16)14-21(18,19)11-7-5-4-6-10(11)12(17)20-2/h4-7,14-16H,3,8-9H2,1-2H3. The quantitative estimate of drug-likeness (QED) is 0.605. The van der Waals surface area contributed by atoms with Crippen LogP contribution in [-0.2, 0) is 14.8 Å². The number of sulfonamides is 1. The van der Waals surface area contributed by atoms with Gasteiger partial charge in [0.1, 0.15) is 0 Å². The molecule has 1 rings (SSSR count). The highest BCUT2D eigenvalue weighted by Crippen LogP contribution is 2.20. The van der Waals surface area contributed by atoms with Gasteiger partial charge in [0.2, 0.25) is 10.0 Å². The number of ether oxygens (including phenoxy) is 1. The van der Waals surface area contributed by atoms with Crippen LogP contribution in [0.5, 0.6) is 0 Å². The summed E-state index contributed by atoms with van der Waals surface area (Å²) < 4.78 is 31.7. The third kappa shape index (κ3) is 3.79. The fourth-order valence-electron chi connectivity index (χ4n) is 1.73. The Labute approximate surface area is 123 Å². The lowest BCUT2D eigenvalue weighted by Gasteiger charge is -2.29. The summed E-state index contributed by atoms with van der Waals surface area (Å²) in [6.45, 7) is 0.487. The number of aliphatic hydroxyl groups excluding tert-OH is 2. The first kappa shape index (κ1) is 17.6. The average molecular weight is 317 g/mol. The molecule has 0 bridgehead atoms. The Balaban J connectivity index is 3.29. The van der Waals surface area contributed by atoms with E-state index in [4.69, 9.17) is 0 Å². The van der Waals surface area contributed by atoms with Gasteiger partial charge in [0.05, 0.1) is 36.3 Å². The Morgan fingerprint density at radius 3 is 2.33 bits per heavy atom. The summed E-state index contributed by atoms with van der Waals surface area (Å²) in [5, 5.41) is 18.7. The molecular weight excluding hydrogens is 298 g/mol. The van der Waals surface area contributed by atoms with E-state index in [0.717, 1.165) is 7.11 Å². The molecule has 3 N–H and O–H groups in total. The summed E-state index contributed by atoms with van der Waals surface area (Å²) in [7, 11) is -2.96. The Morgan fingerprint density at radius 1 is 1.29 bits per heavy atom. The van der Waals surface area contributed by atoms with Gasteiger partial charge in [-0.3, -0.25) is 0 Å². The predicted molar refractivity (Wildman–Crippen MR) is 75.3 cm³/mol. The van der Waals surface area contributed by atoms with Crippen LogP contribution in [0.25, 0.3) is 0 Å². The molecule has 0 unspecified atom stereocenters. The Bertz CT molecular complexity index is 586. The molecule has 0 fully saturated rings. The zero-order valence-corrected chi connectivity index (χ0v) is 12.7. The third-order valence-electron chi connectivity index (χ3n) is 3.21. The smallest absolute Gasteiger partial charge is 0.339 e. The second-order valence-corrected chi connectivity index (χ2v) is 6.19. The molecule has 0 saturated carbocycles. The number of hydrogen-bond acceptors (Lipinski definition) is 6. The van der Waals surface area contributed by atoms with Crippen LogP contribution in [0.15, 0.2) is 29.2 Å². The number of carbonyl (C=O) groups is 1. The molecule has 0 heterocycles. The Kier molecular flexibility index (Phi) is 5.85. The fraction of sp³-hybridized carbons (Fsp3) is 0.462. The van der Waals surface area contributed by atoms with Crippen LogP contribution in [0, 0.1) is 0 Å². The number of esters is 1. The highest BCUT2D eigenvalue weighted by Gasteiger charge is 2.34. The molecule has 21 heavy (non-hydrogen) atoms. The predicted octanol–water partition coefficient (Wildman–Crippen LogP) is -0.115. The van der Waals surface area contributed by atoms with Gasteiger partial charge in [0, 0.05) is 0 Å². The largest absolute Gasteiger partial charge is 0.465 e. The van der Waals surface area contributed by atoms with Crippen LogP contribution in [0.3, 0.4) is 0 Å². The minimum absolute atomic E-state index is 0.117. The molecule has 0 saturated heterocycles. The van der Waals surface area contributed by atoms with E-state index in [1.54, 1.807) is 6.92 Å². The van der Waals surface area contributed by atoms with Crippen molar-refractivity contribution in [1.82, 2.24) is 4.72 Å². The molecule has 0 aliphatic carbocycles. The molecular formula is C13H19NO6S. The number of methoxy groups -OCH3 is 1. The number of hydrogen-bond donors (Lipinski definition) is 3. The van der Waals surface area contributed by atoms with Crippen LogP contribution < -0.4 is 4.72 Å². The number of benzene rings is 1. The van der Waals surface area contributed by atoms with Gasteiger partial charge in [-0.1, -0.05) is 19.1 Å². The molecule has 0 radical (unpaired) electrons. The third-order valence-corrected chi connectivity index (χ3v) is 4.85. The first-order valence-electron chi connectivity index (χ1n) is 6.29. The number of aliphatic hydroxyl groups is 2. The van der Waals surface area contributed by atoms with Gasteiger partial charge in [0.15, 0.2) is 0 Å². The number of nitrogens with one attached hydrogen (secondary N) is 1. The van der Waals surface area contributed by atoms with E-state index in [1.807, 2.05) is 0 Å². The molecule has 1 aromatic rings. The van der Waals surface area contributed by atoms with Gasteiger partial charge in [-0.15, -0.1) is 0 Å². The van der Waals surface area contributed by atoms with Crippen LogP contribution in [0.1, 0.15) is 23.7 Å². The van der Waals surface area contributed by atoms with E-state index in [2.05, 4.69) is 9.46 Å². The van der Waals surface area contributed by atoms with Crippen molar-refractivity contribution in [2.75, 3.05) is 20.3 Å². The zero-order chi connectivity index (χ0) is 16.1. The summed E-state index contributed by atoms with van der Waals surface area (Å²) >= 11 is 0. The maximum atomic E-state index is 12.4. The normalized spacial score (nSPS) is 12.2. The highest BCUT2D eigenvalue weighted by atomic mass is 32.2. The first-order valence-corrected chi connectivity index (χ1v) is 7.77. The van der Waals surface area contributed by atoms with Gasteiger partial charge in [0.25, 0.3) is 0 Å². The minimum Gasteiger partial charge on any atom is -0.465 e. The lowest BCUT2D eigenvalue weighted by atomic mass is 10.0. The maximum absolute atomic E-state index is 12.4. The monoisotopic (exact) mass is 317 g/mol. The summed E-state index contributed by atoms with van der Waals surface area (Å²) in [5.41, 5.74) is -1.50. The van der Waals surface area contributed by atoms with Gasteiger partial charge in [-0.05, 0) is 18.6 Å². The van der Waals surface area contributed by atoms with Crippen molar-refractivity contribution in [2.45, 2.75) is 23.8 Å². The van der Waals surface area contributed by atoms with E-state index < -0.39 is 34.7 Å². The summed E-state index contributed by atoms with van der Waals surface area (Å²) in [4.78, 5) is 11.4. The highest BCUT2D eigenvalue weighted by molar-refractivity contribution is 7.89. The van der Waals surface area contributed by atoms with Crippen molar-refractivity contribution in [3.8, 4) is 0 Å². The lowest BCUT2D eigenvalue weighted by Crippen LogP contribution is -2.53. The zero-order valence-electron chi connectivity index (χ0n) is 11.9. The van der Waals surface area contributed by atoms with Crippen molar-refractivity contribution in [3.63, 3.8) is 0 Å². The van der Waals surface area contributed by atoms with Crippen molar-refractivity contribution < 1.29 is 28.2 Å². The van der Waals surface area contributed by atoms with Crippen LogP contribution in [0.4, 0.5) is 0 Å². The molecule has 0 aliphatic rings. The maximum Gasteiger partial charge on any atom is 0.339 e. The van der Waals surface area contributed by atoms with E-state index in [9.17, 15) is 23.4 Å². The van der Waals surface area contributed by atoms with Gasteiger partial charge in [-0.2, -0.15) is 0 Å². The second-order valence-electron chi connectivity index (χ2n) is 4.54. The number of rotatable bonds is 7. The average Bonchev–Trinajstić information content (AvgIpc) is 2.52. The Hall–Kier alpha value is -1.48. The van der Waals surface area contributed by atoms with Crippen molar-refractivity contribution in [2.24, 2.45) is 0 Å². The molecule has 118 valence electrons. The summed E-state index contributed by atoms with van der Waals surface area (Å²) in [6, 6.07) is 5.55. The molecule has 0 spiro atoms. The van der Waals surface area contributed by atoms with Gasteiger partial charge in [-0.25, -0.2) is 17.9 Å². The second kappa shape index (κ2) is 6.99. The van der Waals surface area contributed by atoms with Crippen LogP contribution >= 0.6 is 0 Å². The number of carbonyl (C=O) groups excluding carboxylic acids is 1. The lowest BCUT2D eigenvalue weighted by molar-refractivity contribution is 0.0596. The van der Waals surface area contributed by atoms with E-state index >= 15 is 0 Å². The van der Waals surface area contributed by atoms with Crippen molar-refractivity contribution in [1.29, 1.82) is 0 Å². The molecule has 0 amide bonds. The van der Waals surface area contributed by atoms with E-state index in [0.29, 0.717) is 0 Å². The Morgan fingerprint density at radius 2 is 1.86 bits per heavy atom. The van der Waals surface area contributed by atoms with Crippen LogP contribution in [-0.4, -0.2) is 50.5 Å². The topological polar surface area (TPSA) is 113 Å². The SMILES string of the molecule is CCC(CO)(CO)NS(=O)(=O)c1ccccc1C(=O)OC. The van der Waals surface area contributed by atoms with Gasteiger partial charge >= 0.3 is 5.97 Å². The van der Waals surface area contributed by atoms with E-state index in [1.165, 1.54) is 24.3 Å². The molecule has 0 atom stereocenters. The molecule has 0 aliphatic heterocycles. The van der Waals surface area contributed by atoms with Crippen LogP contribution in [0.2, 0.25) is 0 Å². The molecule has 7 nitrogen and oxygen atoms in total.